The van der Waals surface area contributed by atoms with Crippen molar-refractivity contribution in [2.24, 2.45) is 0 Å². The molecular formula is C12H17N3O. The van der Waals surface area contributed by atoms with Crippen molar-refractivity contribution in [3.05, 3.63) is 33.9 Å². The topological polar surface area (TPSA) is 57.8 Å². The maximum absolute atomic E-state index is 11.4. The van der Waals surface area contributed by atoms with Gasteiger partial charge in [0.2, 0.25) is 0 Å². The Balaban J connectivity index is 2.08. The third-order valence-corrected chi connectivity index (χ3v) is 2.52. The Hall–Kier alpha value is -1.58. The van der Waals surface area contributed by atoms with Gasteiger partial charge >= 0.3 is 0 Å². The molecule has 86 valence electrons. The number of hydrogen-bond acceptors (Lipinski definition) is 3. The lowest BCUT2D eigenvalue weighted by Crippen LogP contribution is -2.13. The highest BCUT2D eigenvalue weighted by Gasteiger charge is 2.26. The second-order valence-electron chi connectivity index (χ2n) is 4.45. The van der Waals surface area contributed by atoms with E-state index in [4.69, 9.17) is 0 Å². The third-order valence-electron chi connectivity index (χ3n) is 2.52. The minimum absolute atomic E-state index is 0.0726. The second kappa shape index (κ2) is 4.51. The zero-order valence-electron chi connectivity index (χ0n) is 9.71. The maximum atomic E-state index is 11.4. The lowest BCUT2D eigenvalue weighted by molar-refractivity contribution is 0.908. The van der Waals surface area contributed by atoms with Crippen LogP contribution in [0.2, 0.25) is 0 Å². The molecule has 0 aliphatic heterocycles. The molecule has 0 aromatic carbocycles. The van der Waals surface area contributed by atoms with E-state index in [2.05, 4.69) is 21.4 Å². The average Bonchev–Trinajstić information content (AvgIpc) is 2.99. The molecule has 0 saturated heterocycles. The van der Waals surface area contributed by atoms with Gasteiger partial charge in [-0.15, -0.1) is 0 Å². The molecule has 1 aliphatic rings. The molecule has 1 saturated carbocycles. The third kappa shape index (κ3) is 2.95. The van der Waals surface area contributed by atoms with Crippen molar-refractivity contribution in [1.29, 1.82) is 0 Å². The van der Waals surface area contributed by atoms with E-state index in [1.807, 2.05) is 13.8 Å². The number of anilines is 1. The van der Waals surface area contributed by atoms with Gasteiger partial charge in [-0.1, -0.05) is 11.6 Å². The lowest BCUT2D eigenvalue weighted by atomic mass is 10.3. The van der Waals surface area contributed by atoms with Gasteiger partial charge in [0.05, 0.1) is 0 Å². The largest absolute Gasteiger partial charge is 0.366 e. The number of aromatic nitrogens is 2. The van der Waals surface area contributed by atoms with Gasteiger partial charge in [0.15, 0.2) is 0 Å². The van der Waals surface area contributed by atoms with Crippen molar-refractivity contribution in [3.8, 4) is 0 Å². The lowest BCUT2D eigenvalue weighted by Gasteiger charge is -2.04. The van der Waals surface area contributed by atoms with Crippen LogP contribution in [0.15, 0.2) is 22.5 Å². The highest BCUT2D eigenvalue weighted by Crippen LogP contribution is 2.37. The number of aromatic amines is 1. The fraction of sp³-hybridized carbons (Fsp3) is 0.500. The van der Waals surface area contributed by atoms with Crippen LogP contribution in [0, 0.1) is 0 Å². The smallest absolute Gasteiger partial charge is 0.252 e. The molecule has 2 rings (SSSR count). The number of allylic oxidation sites excluding steroid dienone is 1. The fourth-order valence-corrected chi connectivity index (χ4v) is 1.48. The van der Waals surface area contributed by atoms with Crippen LogP contribution in [-0.4, -0.2) is 16.5 Å². The molecule has 1 aromatic rings. The van der Waals surface area contributed by atoms with E-state index >= 15 is 0 Å². The molecule has 0 radical (unpaired) electrons. The number of rotatable bonds is 4. The molecule has 0 amide bonds. The minimum Gasteiger partial charge on any atom is -0.366 e. The van der Waals surface area contributed by atoms with Gasteiger partial charge in [0.1, 0.15) is 11.6 Å². The Morgan fingerprint density at radius 3 is 3.00 bits per heavy atom. The van der Waals surface area contributed by atoms with Gasteiger partial charge in [0.25, 0.3) is 5.56 Å². The minimum atomic E-state index is -0.0726. The Morgan fingerprint density at radius 2 is 2.38 bits per heavy atom. The Labute approximate surface area is 94.8 Å². The predicted octanol–water partition coefficient (Wildman–Crippen LogP) is 2.03. The predicted molar refractivity (Wildman–Crippen MR) is 64.8 cm³/mol. The van der Waals surface area contributed by atoms with Gasteiger partial charge in [-0.3, -0.25) is 4.79 Å². The van der Waals surface area contributed by atoms with Crippen LogP contribution in [0.25, 0.3) is 0 Å². The van der Waals surface area contributed by atoms with E-state index in [-0.39, 0.29) is 5.56 Å². The molecule has 4 heteroatoms. The fourth-order valence-electron chi connectivity index (χ4n) is 1.48. The van der Waals surface area contributed by atoms with Crippen molar-refractivity contribution < 1.29 is 0 Å². The van der Waals surface area contributed by atoms with Gasteiger partial charge < -0.3 is 10.3 Å². The molecule has 1 heterocycles. The average molecular weight is 219 g/mol. The van der Waals surface area contributed by atoms with Crippen molar-refractivity contribution in [1.82, 2.24) is 9.97 Å². The van der Waals surface area contributed by atoms with E-state index in [0.717, 1.165) is 18.7 Å². The summed E-state index contributed by atoms with van der Waals surface area (Å²) >= 11 is 0. The van der Waals surface area contributed by atoms with Gasteiger partial charge in [-0.2, -0.15) is 0 Å². The molecule has 4 nitrogen and oxygen atoms in total. The summed E-state index contributed by atoms with van der Waals surface area (Å²) in [5.74, 6) is 1.97. The molecule has 2 N–H and O–H groups in total. The van der Waals surface area contributed by atoms with Crippen LogP contribution in [-0.2, 0) is 0 Å². The van der Waals surface area contributed by atoms with Crippen LogP contribution in [0.5, 0.6) is 0 Å². The number of nitrogens with one attached hydrogen (secondary N) is 2. The van der Waals surface area contributed by atoms with Crippen molar-refractivity contribution in [2.75, 3.05) is 11.9 Å². The summed E-state index contributed by atoms with van der Waals surface area (Å²) in [4.78, 5) is 18.6. The first-order chi connectivity index (χ1) is 7.65. The maximum Gasteiger partial charge on any atom is 0.252 e. The van der Waals surface area contributed by atoms with Crippen LogP contribution in [0.1, 0.15) is 38.4 Å². The van der Waals surface area contributed by atoms with Gasteiger partial charge in [-0.25, -0.2) is 4.98 Å². The molecule has 16 heavy (non-hydrogen) atoms. The molecule has 1 aliphatic carbocycles. The SMILES string of the molecule is CC(C)=CCNc1cc(=O)[nH]c(C2CC2)n1. The molecular weight excluding hydrogens is 202 g/mol. The monoisotopic (exact) mass is 219 g/mol. The van der Waals surface area contributed by atoms with Crippen LogP contribution in [0.4, 0.5) is 5.82 Å². The summed E-state index contributed by atoms with van der Waals surface area (Å²) in [6.45, 7) is 4.80. The zero-order chi connectivity index (χ0) is 11.5. The van der Waals surface area contributed by atoms with E-state index in [9.17, 15) is 4.79 Å². The first-order valence-corrected chi connectivity index (χ1v) is 5.63. The van der Waals surface area contributed by atoms with Gasteiger partial charge in [0, 0.05) is 18.5 Å². The van der Waals surface area contributed by atoms with E-state index < -0.39 is 0 Å². The van der Waals surface area contributed by atoms with E-state index in [1.165, 1.54) is 11.6 Å². The number of H-pyrrole nitrogens is 1. The standard InChI is InChI=1S/C12H17N3O/c1-8(2)5-6-13-10-7-11(16)15-12(14-10)9-3-4-9/h5,7,9H,3-4,6H2,1-2H3,(H2,13,14,15,16). The molecule has 1 aromatic heterocycles. The molecule has 0 spiro atoms. The van der Waals surface area contributed by atoms with Crippen molar-refractivity contribution in [3.63, 3.8) is 0 Å². The van der Waals surface area contributed by atoms with Gasteiger partial charge in [-0.05, 0) is 26.7 Å². The summed E-state index contributed by atoms with van der Waals surface area (Å²) in [5, 5.41) is 3.13. The van der Waals surface area contributed by atoms with E-state index in [1.54, 1.807) is 0 Å². The summed E-state index contributed by atoms with van der Waals surface area (Å²) in [5.41, 5.74) is 1.18. The number of nitrogens with zero attached hydrogens (tertiary/aromatic N) is 1. The molecule has 1 fully saturated rings. The van der Waals surface area contributed by atoms with Crippen LogP contribution >= 0.6 is 0 Å². The first kappa shape index (κ1) is 10.9. The highest BCUT2D eigenvalue weighted by atomic mass is 16.1. The summed E-state index contributed by atoms with van der Waals surface area (Å²) in [6, 6.07) is 1.50. The zero-order valence-corrected chi connectivity index (χ0v) is 9.71. The quantitative estimate of drug-likeness (QED) is 0.762. The molecule has 0 unspecified atom stereocenters. The Bertz CT molecular complexity index is 454. The summed E-state index contributed by atoms with van der Waals surface area (Å²) < 4.78 is 0. The van der Waals surface area contributed by atoms with Crippen molar-refractivity contribution >= 4 is 5.82 Å². The Morgan fingerprint density at radius 1 is 1.62 bits per heavy atom. The molecule has 0 bridgehead atoms. The first-order valence-electron chi connectivity index (χ1n) is 5.63. The molecule has 0 atom stereocenters. The Kier molecular flexibility index (Phi) is 3.08. The number of hydrogen-bond donors (Lipinski definition) is 2. The van der Waals surface area contributed by atoms with E-state index in [0.29, 0.717) is 18.3 Å². The normalized spacial score (nSPS) is 14.6. The second-order valence-corrected chi connectivity index (χ2v) is 4.45. The summed E-state index contributed by atoms with van der Waals surface area (Å²) in [6.07, 6.45) is 4.35. The summed E-state index contributed by atoms with van der Waals surface area (Å²) in [7, 11) is 0. The van der Waals surface area contributed by atoms with Crippen LogP contribution in [0.3, 0.4) is 0 Å². The van der Waals surface area contributed by atoms with Crippen molar-refractivity contribution in [2.45, 2.75) is 32.6 Å². The van der Waals surface area contributed by atoms with Crippen LogP contribution < -0.4 is 10.9 Å². The highest BCUT2D eigenvalue weighted by molar-refractivity contribution is 5.34.